The fourth-order valence-electron chi connectivity index (χ4n) is 4.38. The number of ether oxygens (including phenoxy) is 1. The number of nitrogens with zero attached hydrogens (tertiary/aromatic N) is 4. The van der Waals surface area contributed by atoms with Crippen LogP contribution in [0.15, 0.2) is 59.1 Å². The lowest BCUT2D eigenvalue weighted by Gasteiger charge is -2.28. The second kappa shape index (κ2) is 10.6. The summed E-state index contributed by atoms with van der Waals surface area (Å²) >= 11 is 3.43. The Kier molecular flexibility index (Phi) is 7.15. The van der Waals surface area contributed by atoms with Gasteiger partial charge in [0.25, 0.3) is 0 Å². The Labute approximate surface area is 218 Å². The van der Waals surface area contributed by atoms with E-state index in [-0.39, 0.29) is 18.2 Å². The highest BCUT2D eigenvalue weighted by Gasteiger charge is 2.35. The Morgan fingerprint density at radius 3 is 2.56 bits per heavy atom. The molecule has 5 rings (SSSR count). The molecule has 36 heavy (non-hydrogen) atoms. The molecule has 1 unspecified atom stereocenters. The van der Waals surface area contributed by atoms with E-state index in [1.165, 1.54) is 0 Å². The largest absolute Gasteiger partial charge is 0.378 e. The van der Waals surface area contributed by atoms with Crippen LogP contribution < -0.4 is 20.4 Å². The Morgan fingerprint density at radius 2 is 1.81 bits per heavy atom. The quantitative estimate of drug-likeness (QED) is 0.476. The molecule has 0 spiro atoms. The van der Waals surface area contributed by atoms with E-state index in [1.54, 1.807) is 4.90 Å². The summed E-state index contributed by atoms with van der Waals surface area (Å²) < 4.78 is 6.32. The van der Waals surface area contributed by atoms with Crippen LogP contribution in [0, 0.1) is 12.8 Å². The molecule has 0 radical (unpaired) electrons. The standard InChI is InChI=1S/C26H27BrN6O3/c1-17-28-23(15-24(29-17)32-9-11-36-12-10-32)30-20-5-7-21(8-6-20)31-26(35)18-13-25(34)33(16-18)22-4-2-3-19(27)14-22/h2-8,14-15,18H,9-13,16H2,1H3,(H,31,35)(H,28,29,30). The van der Waals surface area contributed by atoms with Gasteiger partial charge < -0.3 is 25.2 Å². The molecule has 1 aromatic heterocycles. The Balaban J connectivity index is 1.20. The van der Waals surface area contributed by atoms with Gasteiger partial charge in [-0.3, -0.25) is 9.59 Å². The minimum absolute atomic E-state index is 0.0515. The molecule has 1 atom stereocenters. The van der Waals surface area contributed by atoms with Crippen molar-refractivity contribution in [3.05, 3.63) is 64.9 Å². The van der Waals surface area contributed by atoms with Crippen LogP contribution in [0.4, 0.5) is 28.7 Å². The van der Waals surface area contributed by atoms with Gasteiger partial charge in [-0.25, -0.2) is 9.97 Å². The number of halogens is 1. The molecule has 2 aliphatic rings. The molecule has 2 saturated heterocycles. The molecular weight excluding hydrogens is 524 g/mol. The molecule has 10 heteroatoms. The fraction of sp³-hybridized carbons (Fsp3) is 0.308. The normalized spacial score (nSPS) is 17.8. The number of carbonyl (C=O) groups is 2. The summed E-state index contributed by atoms with van der Waals surface area (Å²) in [7, 11) is 0. The van der Waals surface area contributed by atoms with Crippen LogP contribution in [0.5, 0.6) is 0 Å². The zero-order valence-electron chi connectivity index (χ0n) is 19.9. The van der Waals surface area contributed by atoms with E-state index in [4.69, 9.17) is 4.74 Å². The first kappa shape index (κ1) is 24.2. The highest BCUT2D eigenvalue weighted by atomic mass is 79.9. The number of anilines is 5. The van der Waals surface area contributed by atoms with E-state index in [2.05, 4.69) is 41.4 Å². The lowest BCUT2D eigenvalue weighted by molar-refractivity contribution is -0.122. The number of rotatable bonds is 6. The first-order valence-corrected chi connectivity index (χ1v) is 12.7. The molecular formula is C26H27BrN6O3. The molecule has 2 fully saturated rings. The Hall–Kier alpha value is -3.50. The minimum atomic E-state index is -0.406. The number of hydrogen-bond donors (Lipinski definition) is 2. The van der Waals surface area contributed by atoms with Crippen molar-refractivity contribution < 1.29 is 14.3 Å². The summed E-state index contributed by atoms with van der Waals surface area (Å²) in [5.74, 6) is 1.65. The number of amides is 2. The predicted molar refractivity (Wildman–Crippen MR) is 143 cm³/mol. The SMILES string of the molecule is Cc1nc(Nc2ccc(NC(=O)C3CC(=O)N(c4cccc(Br)c4)C3)cc2)cc(N2CCOCC2)n1. The van der Waals surface area contributed by atoms with E-state index in [0.717, 1.165) is 34.8 Å². The molecule has 2 N–H and O–H groups in total. The van der Waals surface area contributed by atoms with E-state index in [0.29, 0.717) is 37.1 Å². The smallest absolute Gasteiger partial charge is 0.229 e. The highest BCUT2D eigenvalue weighted by Crippen LogP contribution is 2.28. The average molecular weight is 551 g/mol. The van der Waals surface area contributed by atoms with Crippen molar-refractivity contribution in [1.82, 2.24) is 9.97 Å². The van der Waals surface area contributed by atoms with E-state index in [1.807, 2.05) is 61.5 Å². The van der Waals surface area contributed by atoms with Crippen LogP contribution in [0.25, 0.3) is 0 Å². The van der Waals surface area contributed by atoms with Crippen LogP contribution in [-0.2, 0) is 14.3 Å². The van der Waals surface area contributed by atoms with Gasteiger partial charge in [0.2, 0.25) is 11.8 Å². The van der Waals surface area contributed by atoms with Gasteiger partial charge in [0.1, 0.15) is 17.5 Å². The van der Waals surface area contributed by atoms with Gasteiger partial charge in [-0.2, -0.15) is 0 Å². The van der Waals surface area contributed by atoms with Crippen molar-refractivity contribution in [3.63, 3.8) is 0 Å². The first-order valence-electron chi connectivity index (χ1n) is 11.9. The second-order valence-electron chi connectivity index (χ2n) is 8.83. The van der Waals surface area contributed by atoms with Gasteiger partial charge in [0.15, 0.2) is 0 Å². The fourth-order valence-corrected chi connectivity index (χ4v) is 4.76. The zero-order valence-corrected chi connectivity index (χ0v) is 21.5. The average Bonchev–Trinajstić information content (AvgIpc) is 3.27. The van der Waals surface area contributed by atoms with Crippen LogP contribution in [0.1, 0.15) is 12.2 Å². The van der Waals surface area contributed by atoms with E-state index >= 15 is 0 Å². The maximum Gasteiger partial charge on any atom is 0.229 e. The first-order chi connectivity index (χ1) is 17.4. The number of benzene rings is 2. The van der Waals surface area contributed by atoms with Crippen molar-refractivity contribution in [2.24, 2.45) is 5.92 Å². The molecule has 2 amide bonds. The summed E-state index contributed by atoms with van der Waals surface area (Å²) in [6, 6.07) is 16.9. The molecule has 0 bridgehead atoms. The van der Waals surface area contributed by atoms with Crippen LogP contribution in [-0.4, -0.2) is 54.6 Å². The summed E-state index contributed by atoms with van der Waals surface area (Å²) in [5.41, 5.74) is 2.31. The van der Waals surface area contributed by atoms with Crippen LogP contribution in [0.2, 0.25) is 0 Å². The third-order valence-electron chi connectivity index (χ3n) is 6.20. The Bertz CT molecular complexity index is 1260. The molecule has 2 aromatic carbocycles. The maximum absolute atomic E-state index is 12.9. The predicted octanol–water partition coefficient (Wildman–Crippen LogP) is 4.12. The van der Waals surface area contributed by atoms with Gasteiger partial charge >= 0.3 is 0 Å². The van der Waals surface area contributed by atoms with Gasteiger partial charge in [0.05, 0.1) is 19.1 Å². The van der Waals surface area contributed by atoms with Crippen molar-refractivity contribution in [2.75, 3.05) is 53.3 Å². The van der Waals surface area contributed by atoms with Crippen LogP contribution in [0.3, 0.4) is 0 Å². The van der Waals surface area contributed by atoms with Gasteiger partial charge in [-0.1, -0.05) is 22.0 Å². The molecule has 3 heterocycles. The summed E-state index contributed by atoms with van der Waals surface area (Å²) in [6.45, 7) is 5.22. The van der Waals surface area contributed by atoms with Crippen molar-refractivity contribution >= 4 is 56.4 Å². The number of carbonyl (C=O) groups excluding carboxylic acids is 2. The molecule has 0 saturated carbocycles. The van der Waals surface area contributed by atoms with Gasteiger partial charge in [-0.15, -0.1) is 0 Å². The lowest BCUT2D eigenvalue weighted by Crippen LogP contribution is -2.36. The molecule has 0 aliphatic carbocycles. The monoisotopic (exact) mass is 550 g/mol. The van der Waals surface area contributed by atoms with E-state index < -0.39 is 5.92 Å². The molecule has 9 nitrogen and oxygen atoms in total. The Morgan fingerprint density at radius 1 is 1.06 bits per heavy atom. The highest BCUT2D eigenvalue weighted by molar-refractivity contribution is 9.10. The van der Waals surface area contributed by atoms with Crippen molar-refractivity contribution in [2.45, 2.75) is 13.3 Å². The summed E-state index contributed by atoms with van der Waals surface area (Å²) in [4.78, 5) is 38.3. The van der Waals surface area contributed by atoms with Gasteiger partial charge in [0, 0.05) is 53.7 Å². The minimum Gasteiger partial charge on any atom is -0.378 e. The molecule has 186 valence electrons. The van der Waals surface area contributed by atoms with Crippen molar-refractivity contribution in [1.29, 1.82) is 0 Å². The zero-order chi connectivity index (χ0) is 25.1. The lowest BCUT2D eigenvalue weighted by atomic mass is 10.1. The molecule has 2 aliphatic heterocycles. The van der Waals surface area contributed by atoms with E-state index in [9.17, 15) is 9.59 Å². The second-order valence-corrected chi connectivity index (χ2v) is 9.75. The number of hydrogen-bond acceptors (Lipinski definition) is 7. The van der Waals surface area contributed by atoms with Crippen LogP contribution >= 0.6 is 15.9 Å². The number of nitrogens with one attached hydrogen (secondary N) is 2. The number of aryl methyl sites for hydroxylation is 1. The molecule has 3 aromatic rings. The third kappa shape index (κ3) is 5.66. The number of aromatic nitrogens is 2. The number of morpholine rings is 1. The van der Waals surface area contributed by atoms with Crippen molar-refractivity contribution in [3.8, 4) is 0 Å². The summed E-state index contributed by atoms with van der Waals surface area (Å²) in [5, 5.41) is 6.26. The van der Waals surface area contributed by atoms with Gasteiger partial charge in [-0.05, 0) is 49.4 Å². The maximum atomic E-state index is 12.9. The topological polar surface area (TPSA) is 99.7 Å². The third-order valence-corrected chi connectivity index (χ3v) is 6.69. The summed E-state index contributed by atoms with van der Waals surface area (Å²) in [6.07, 6.45) is 0.191.